The fourth-order valence-corrected chi connectivity index (χ4v) is 3.93. The van der Waals surface area contributed by atoms with Crippen molar-refractivity contribution in [3.63, 3.8) is 0 Å². The number of hydrogen-bond donors (Lipinski definition) is 3. The van der Waals surface area contributed by atoms with Crippen LogP contribution in [0.3, 0.4) is 0 Å². The average Bonchev–Trinajstić information content (AvgIpc) is 3.24. The van der Waals surface area contributed by atoms with Crippen LogP contribution in [0, 0.1) is 6.92 Å². The molecule has 2 radical (unpaired) electrons. The number of nitrogens with one attached hydrogen (secondary N) is 1. The number of aryl methyl sites for hydroxylation is 1. The highest BCUT2D eigenvalue weighted by molar-refractivity contribution is 8.01. The summed E-state index contributed by atoms with van der Waals surface area (Å²) in [4.78, 5) is 22.8. The van der Waals surface area contributed by atoms with Gasteiger partial charge in [-0.2, -0.15) is 14.9 Å². The summed E-state index contributed by atoms with van der Waals surface area (Å²) >= 11 is 8.50. The summed E-state index contributed by atoms with van der Waals surface area (Å²) in [6.07, 6.45) is 3.41. The molecule has 4 heterocycles. The van der Waals surface area contributed by atoms with E-state index in [0.29, 0.717) is 45.7 Å². The summed E-state index contributed by atoms with van der Waals surface area (Å²) in [6, 6.07) is 12.8. The van der Waals surface area contributed by atoms with E-state index in [1.807, 2.05) is 44.2 Å². The summed E-state index contributed by atoms with van der Waals surface area (Å²) in [5.41, 5.74) is 4.02. The van der Waals surface area contributed by atoms with Crippen LogP contribution in [0.15, 0.2) is 59.7 Å². The Balaban J connectivity index is 1.76. The van der Waals surface area contributed by atoms with Gasteiger partial charge in [0.15, 0.2) is 0 Å². The molecule has 0 saturated heterocycles. The first-order valence-electron chi connectivity index (χ1n) is 10.6. The highest BCUT2D eigenvalue weighted by Crippen LogP contribution is 2.27. The normalized spacial score (nSPS) is 11.9. The molecule has 0 bridgehead atoms. The largest absolute Gasteiger partial charge is 0.370 e. The molecule has 5 rings (SSSR count). The van der Waals surface area contributed by atoms with E-state index >= 15 is 0 Å². The van der Waals surface area contributed by atoms with Crippen molar-refractivity contribution in [1.29, 1.82) is 0 Å². The van der Waals surface area contributed by atoms with E-state index in [9.17, 15) is 4.79 Å². The molecule has 0 spiro atoms. The molecular formula is C23H20BN7OS2. The van der Waals surface area contributed by atoms with Crippen LogP contribution in [0.2, 0.25) is 0 Å². The maximum atomic E-state index is 13.8. The fraction of sp³-hybridized carbons (Fsp3) is 0.174. The van der Waals surface area contributed by atoms with Gasteiger partial charge in [0.05, 0.1) is 16.8 Å². The van der Waals surface area contributed by atoms with E-state index in [1.54, 1.807) is 24.5 Å². The zero-order chi connectivity index (χ0) is 24.0. The molecule has 0 atom stereocenters. The molecule has 1 N–H and O–H groups in total. The number of anilines is 1. The molecule has 34 heavy (non-hydrogen) atoms. The lowest BCUT2D eigenvalue weighted by molar-refractivity contribution is 0.707. The Hall–Kier alpha value is -3.31. The van der Waals surface area contributed by atoms with Crippen LogP contribution in [0.1, 0.15) is 12.6 Å². The Kier molecular flexibility index (Phi) is 5.61. The van der Waals surface area contributed by atoms with E-state index in [2.05, 4.69) is 50.7 Å². The Bertz CT molecular complexity index is 1590. The van der Waals surface area contributed by atoms with Crippen LogP contribution < -0.4 is 10.9 Å². The van der Waals surface area contributed by atoms with Gasteiger partial charge in [0.25, 0.3) is 5.56 Å². The van der Waals surface area contributed by atoms with Gasteiger partial charge in [-0.25, -0.2) is 4.98 Å². The molecule has 0 fully saturated rings. The predicted octanol–water partition coefficient (Wildman–Crippen LogP) is 3.53. The van der Waals surface area contributed by atoms with Crippen molar-refractivity contribution < 1.29 is 0 Å². The molecule has 11 heteroatoms. The SMILES string of the molecule is [B]C(S)(S)n1cc2cc(-n3nc4ccc(NCC)nc4c(-c4ccc(C)nc4)c3=O)ccc2n1. The lowest BCUT2D eigenvalue weighted by Crippen LogP contribution is -2.23. The Morgan fingerprint density at radius 2 is 1.88 bits per heavy atom. The summed E-state index contributed by atoms with van der Waals surface area (Å²) in [5.74, 6) is 0.674. The highest BCUT2D eigenvalue weighted by Gasteiger charge is 2.19. The fourth-order valence-electron chi connectivity index (χ4n) is 3.72. The van der Waals surface area contributed by atoms with Crippen molar-refractivity contribution in [3.05, 3.63) is 70.9 Å². The number of benzene rings is 1. The molecule has 0 aliphatic carbocycles. The Labute approximate surface area is 207 Å². The highest BCUT2D eigenvalue weighted by atomic mass is 32.2. The monoisotopic (exact) mass is 485 g/mol. The van der Waals surface area contributed by atoms with E-state index < -0.39 is 4.10 Å². The summed E-state index contributed by atoms with van der Waals surface area (Å²) < 4.78 is 1.57. The maximum absolute atomic E-state index is 13.8. The first-order chi connectivity index (χ1) is 16.2. The van der Waals surface area contributed by atoms with Gasteiger partial charge >= 0.3 is 0 Å². The Morgan fingerprint density at radius 1 is 1.09 bits per heavy atom. The van der Waals surface area contributed by atoms with Gasteiger partial charge < -0.3 is 5.32 Å². The molecule has 0 saturated carbocycles. The van der Waals surface area contributed by atoms with E-state index in [1.165, 1.54) is 9.36 Å². The molecular weight excluding hydrogens is 465 g/mol. The van der Waals surface area contributed by atoms with E-state index in [-0.39, 0.29) is 5.56 Å². The Morgan fingerprint density at radius 3 is 2.59 bits per heavy atom. The van der Waals surface area contributed by atoms with Gasteiger partial charge in [0.1, 0.15) is 28.8 Å². The topological polar surface area (TPSA) is 90.5 Å². The lowest BCUT2D eigenvalue weighted by atomic mass is 10.1. The molecule has 8 nitrogen and oxygen atoms in total. The molecule has 0 unspecified atom stereocenters. The second-order valence-corrected chi connectivity index (χ2v) is 9.60. The molecule has 5 aromatic rings. The number of aromatic nitrogens is 6. The maximum Gasteiger partial charge on any atom is 0.281 e. The van der Waals surface area contributed by atoms with Crippen LogP contribution in [0.25, 0.3) is 38.8 Å². The predicted molar refractivity (Wildman–Crippen MR) is 142 cm³/mol. The minimum absolute atomic E-state index is 0.303. The average molecular weight is 485 g/mol. The minimum atomic E-state index is -1.25. The second kappa shape index (κ2) is 8.48. The van der Waals surface area contributed by atoms with Crippen LogP contribution in [-0.4, -0.2) is 43.9 Å². The number of rotatable bonds is 5. The minimum Gasteiger partial charge on any atom is -0.370 e. The van der Waals surface area contributed by atoms with Crippen molar-refractivity contribution >= 4 is 60.9 Å². The van der Waals surface area contributed by atoms with Crippen LogP contribution in [-0.2, 0) is 4.10 Å². The van der Waals surface area contributed by atoms with Gasteiger partial charge in [0.2, 0.25) is 0 Å². The van der Waals surface area contributed by atoms with Gasteiger partial charge in [-0.3, -0.25) is 14.5 Å². The van der Waals surface area contributed by atoms with Crippen molar-refractivity contribution in [2.75, 3.05) is 11.9 Å². The molecule has 0 amide bonds. The van der Waals surface area contributed by atoms with Crippen molar-refractivity contribution in [3.8, 4) is 16.8 Å². The van der Waals surface area contributed by atoms with Crippen molar-refractivity contribution in [1.82, 2.24) is 29.5 Å². The lowest BCUT2D eigenvalue weighted by Gasteiger charge is -2.16. The summed E-state index contributed by atoms with van der Waals surface area (Å²) in [5, 5.41) is 13.0. The van der Waals surface area contributed by atoms with Gasteiger partial charge in [-0.05, 0) is 50.2 Å². The standard InChI is InChI=1S/C23H20BN7OS2/c1-3-25-19-9-8-18-21(27-19)20(14-5-4-13(2)26-11-14)22(32)31(29-18)16-6-7-17-15(10-16)12-30(28-17)23(24,33)34/h4-12,33-34H,3H2,1-2H3,(H,25,27). The molecule has 1 aromatic carbocycles. The zero-order valence-corrected chi connectivity index (χ0v) is 20.3. The number of hydrogen-bond acceptors (Lipinski definition) is 8. The zero-order valence-electron chi connectivity index (χ0n) is 18.5. The van der Waals surface area contributed by atoms with Crippen molar-refractivity contribution in [2.24, 2.45) is 0 Å². The number of pyridine rings is 2. The van der Waals surface area contributed by atoms with Crippen LogP contribution in [0.4, 0.5) is 5.82 Å². The first-order valence-corrected chi connectivity index (χ1v) is 11.5. The van der Waals surface area contributed by atoms with Gasteiger partial charge in [0, 0.05) is 35.6 Å². The molecule has 0 aliphatic heterocycles. The van der Waals surface area contributed by atoms with Gasteiger partial charge in [-0.15, -0.1) is 25.3 Å². The summed E-state index contributed by atoms with van der Waals surface area (Å²) in [7, 11) is 5.93. The third kappa shape index (κ3) is 4.05. The molecule has 4 aromatic heterocycles. The number of nitrogens with zero attached hydrogens (tertiary/aromatic N) is 6. The molecule has 168 valence electrons. The molecule has 0 aliphatic rings. The number of thiol groups is 2. The smallest absolute Gasteiger partial charge is 0.281 e. The quantitative estimate of drug-likeness (QED) is 0.201. The first kappa shape index (κ1) is 22.5. The van der Waals surface area contributed by atoms with Crippen LogP contribution >= 0.6 is 25.3 Å². The third-order valence-electron chi connectivity index (χ3n) is 5.35. The van der Waals surface area contributed by atoms with E-state index in [4.69, 9.17) is 7.85 Å². The van der Waals surface area contributed by atoms with Crippen molar-refractivity contribution in [2.45, 2.75) is 17.9 Å². The van der Waals surface area contributed by atoms with Gasteiger partial charge in [-0.1, -0.05) is 6.07 Å². The second-order valence-electron chi connectivity index (χ2n) is 7.88. The van der Waals surface area contributed by atoms with E-state index in [0.717, 1.165) is 11.1 Å². The summed E-state index contributed by atoms with van der Waals surface area (Å²) in [6.45, 7) is 4.59. The third-order valence-corrected chi connectivity index (χ3v) is 5.76. The van der Waals surface area contributed by atoms with Crippen LogP contribution in [0.5, 0.6) is 0 Å². The number of fused-ring (bicyclic) bond motifs is 2.